The lowest BCUT2D eigenvalue weighted by Gasteiger charge is -2.22. The Bertz CT molecular complexity index is 1030. The van der Waals surface area contributed by atoms with Gasteiger partial charge in [0.25, 0.3) is 5.91 Å². The van der Waals surface area contributed by atoms with Gasteiger partial charge in [-0.2, -0.15) is 13.7 Å². The summed E-state index contributed by atoms with van der Waals surface area (Å²) < 4.78 is 41.3. The zero-order valence-electron chi connectivity index (χ0n) is 14.0. The lowest BCUT2D eigenvalue weighted by molar-refractivity contribution is -0.117. The molecule has 0 bridgehead atoms. The Kier molecular flexibility index (Phi) is 4.40. The topological polar surface area (TPSA) is 152 Å². The van der Waals surface area contributed by atoms with Gasteiger partial charge in [-0.15, -0.1) is 4.99 Å². The quantitative estimate of drug-likeness (QED) is 0.350. The summed E-state index contributed by atoms with van der Waals surface area (Å²) in [7, 11) is -4.29. The van der Waals surface area contributed by atoms with Gasteiger partial charge in [0.2, 0.25) is 12.2 Å². The van der Waals surface area contributed by atoms with Crippen molar-refractivity contribution in [2.75, 3.05) is 17.4 Å². The number of nitrogens with one attached hydrogen (secondary N) is 1. The molecule has 0 radical (unpaired) electrons. The van der Waals surface area contributed by atoms with Gasteiger partial charge < -0.3 is 15.7 Å². The number of benzene rings is 1. The summed E-state index contributed by atoms with van der Waals surface area (Å²) in [6, 6.07) is 2.16. The first-order chi connectivity index (χ1) is 12.7. The van der Waals surface area contributed by atoms with E-state index >= 15 is 4.39 Å². The summed E-state index contributed by atoms with van der Waals surface area (Å²) in [6.07, 6.45) is 3.26. The Morgan fingerprint density at radius 1 is 1.48 bits per heavy atom. The number of aromatic hydroxyl groups is 1. The molecule has 10 nitrogen and oxygen atoms in total. The fraction of sp³-hybridized carbons (Fsp3) is 0.267. The summed E-state index contributed by atoms with van der Waals surface area (Å²) in [4.78, 5) is 16.4. The van der Waals surface area contributed by atoms with Gasteiger partial charge in [0.15, 0.2) is 5.82 Å². The van der Waals surface area contributed by atoms with E-state index in [9.17, 15) is 18.3 Å². The molecule has 142 valence electrons. The van der Waals surface area contributed by atoms with Crippen molar-refractivity contribution in [2.45, 2.75) is 13.0 Å². The Morgan fingerprint density at radius 3 is 2.78 bits per heavy atom. The van der Waals surface area contributed by atoms with E-state index in [1.54, 1.807) is 28.8 Å². The van der Waals surface area contributed by atoms with Crippen LogP contribution >= 0.6 is 0 Å². The van der Waals surface area contributed by atoms with Crippen molar-refractivity contribution < 1.29 is 22.7 Å². The summed E-state index contributed by atoms with van der Waals surface area (Å²) in [6.45, 7) is 1.25. The predicted octanol–water partition coefficient (Wildman–Crippen LogP) is -0.404. The van der Waals surface area contributed by atoms with Gasteiger partial charge in [0.05, 0.1) is 0 Å². The van der Waals surface area contributed by atoms with E-state index in [-0.39, 0.29) is 24.1 Å². The summed E-state index contributed by atoms with van der Waals surface area (Å²) in [5.74, 6) is -2.48. The van der Waals surface area contributed by atoms with Crippen molar-refractivity contribution in [3.05, 3.63) is 29.6 Å². The van der Waals surface area contributed by atoms with Gasteiger partial charge in [0, 0.05) is 18.2 Å². The van der Waals surface area contributed by atoms with Crippen LogP contribution in [0.4, 0.5) is 10.1 Å². The van der Waals surface area contributed by atoms with Crippen LogP contribution in [0.25, 0.3) is 5.57 Å². The van der Waals surface area contributed by atoms with Crippen LogP contribution < -0.4 is 14.8 Å². The molecule has 1 unspecified atom stereocenters. The van der Waals surface area contributed by atoms with E-state index in [0.717, 1.165) is 6.07 Å². The van der Waals surface area contributed by atoms with Crippen molar-refractivity contribution >= 4 is 33.3 Å². The Morgan fingerprint density at radius 2 is 2.19 bits per heavy atom. The van der Waals surface area contributed by atoms with Crippen LogP contribution in [0.3, 0.4) is 0 Å². The Balaban J connectivity index is 2.03. The molecule has 2 heterocycles. The molecule has 27 heavy (non-hydrogen) atoms. The number of hydrogen-bond donors (Lipinski definition) is 3. The van der Waals surface area contributed by atoms with Crippen LogP contribution in [-0.4, -0.2) is 49.4 Å². The normalized spacial score (nSPS) is 21.8. The monoisotopic (exact) mass is 394 g/mol. The lowest BCUT2D eigenvalue weighted by atomic mass is 10.0. The van der Waals surface area contributed by atoms with Gasteiger partial charge in [-0.1, -0.05) is 6.08 Å². The first-order valence-corrected chi connectivity index (χ1v) is 9.14. The standard InChI is InChI=1S/C15H15FN6O4S/c1-8-4-9(5-21(8)15(18)19-7-17)10-2-3-11(23)14(13(10)16)22-6-12(24)20-27(22,25)26/h2-4,8,23H,5-6H2,1H3,(H2,18,19)(H,20,24). The molecule has 1 fully saturated rings. The van der Waals surface area contributed by atoms with E-state index in [4.69, 9.17) is 11.0 Å². The molecule has 0 saturated carbocycles. The molecule has 0 spiro atoms. The minimum absolute atomic E-state index is 0.0347. The van der Waals surface area contributed by atoms with E-state index in [0.29, 0.717) is 9.88 Å². The van der Waals surface area contributed by atoms with Crippen LogP contribution in [0.2, 0.25) is 0 Å². The van der Waals surface area contributed by atoms with Crippen molar-refractivity contribution in [3.8, 4) is 11.9 Å². The van der Waals surface area contributed by atoms with Crippen LogP contribution in [-0.2, 0) is 15.0 Å². The minimum Gasteiger partial charge on any atom is -0.506 e. The molecule has 12 heteroatoms. The average molecular weight is 394 g/mol. The molecule has 2 aliphatic rings. The van der Waals surface area contributed by atoms with Gasteiger partial charge in [-0.25, -0.2) is 13.4 Å². The highest BCUT2D eigenvalue weighted by molar-refractivity contribution is 7.92. The molecule has 1 amide bonds. The molecule has 1 atom stereocenters. The van der Waals surface area contributed by atoms with E-state index in [2.05, 4.69) is 4.99 Å². The fourth-order valence-electron chi connectivity index (χ4n) is 3.03. The van der Waals surface area contributed by atoms with Gasteiger partial charge in [-0.05, 0) is 24.6 Å². The molecular formula is C15H15FN6O4S. The van der Waals surface area contributed by atoms with E-state index in [1.807, 2.05) is 0 Å². The SMILES string of the molecule is CC1C=C(c2ccc(O)c(N3CC(=O)NS3(=O)=O)c2F)CN1C(N)=NC#N. The van der Waals surface area contributed by atoms with E-state index < -0.39 is 39.9 Å². The number of anilines is 1. The highest BCUT2D eigenvalue weighted by Gasteiger charge is 2.38. The van der Waals surface area contributed by atoms with Crippen LogP contribution in [0.1, 0.15) is 12.5 Å². The number of carbonyl (C=O) groups excluding carboxylic acids is 1. The summed E-state index contributed by atoms with van der Waals surface area (Å²) >= 11 is 0. The van der Waals surface area contributed by atoms with Crippen molar-refractivity contribution in [2.24, 2.45) is 10.7 Å². The maximum absolute atomic E-state index is 15.1. The van der Waals surface area contributed by atoms with Crippen molar-refractivity contribution in [1.29, 1.82) is 5.26 Å². The first kappa shape index (κ1) is 18.5. The number of amides is 1. The zero-order chi connectivity index (χ0) is 19.9. The Hall–Kier alpha value is -3.33. The number of carbonyl (C=O) groups is 1. The summed E-state index contributed by atoms with van der Waals surface area (Å²) in [5, 5.41) is 18.6. The smallest absolute Gasteiger partial charge is 0.326 e. The minimum atomic E-state index is -4.29. The number of nitriles is 1. The number of guanidine groups is 1. The molecule has 2 aliphatic heterocycles. The second kappa shape index (κ2) is 6.44. The second-order valence-electron chi connectivity index (χ2n) is 5.96. The van der Waals surface area contributed by atoms with Crippen LogP contribution in [0.15, 0.2) is 23.2 Å². The first-order valence-electron chi connectivity index (χ1n) is 7.70. The predicted molar refractivity (Wildman–Crippen MR) is 93.9 cm³/mol. The molecule has 0 aliphatic carbocycles. The third kappa shape index (κ3) is 3.13. The van der Waals surface area contributed by atoms with Crippen molar-refractivity contribution in [1.82, 2.24) is 9.62 Å². The second-order valence-corrected chi connectivity index (χ2v) is 7.56. The van der Waals surface area contributed by atoms with E-state index in [1.165, 1.54) is 6.07 Å². The third-order valence-corrected chi connectivity index (χ3v) is 5.62. The zero-order valence-corrected chi connectivity index (χ0v) is 14.9. The fourth-order valence-corrected chi connectivity index (χ4v) is 4.19. The molecule has 3 rings (SSSR count). The number of phenols is 1. The summed E-state index contributed by atoms with van der Waals surface area (Å²) in [5.41, 5.74) is 5.61. The molecule has 1 saturated heterocycles. The number of nitrogens with zero attached hydrogens (tertiary/aromatic N) is 4. The molecule has 4 N–H and O–H groups in total. The maximum Gasteiger partial charge on any atom is 0.326 e. The number of aliphatic imine (C=N–C) groups is 1. The van der Waals surface area contributed by atoms with Crippen LogP contribution in [0, 0.1) is 17.3 Å². The van der Waals surface area contributed by atoms with Gasteiger partial charge >= 0.3 is 10.2 Å². The van der Waals surface area contributed by atoms with Gasteiger partial charge in [0.1, 0.15) is 18.0 Å². The number of nitrogens with two attached hydrogens (primary N) is 1. The lowest BCUT2D eigenvalue weighted by Crippen LogP contribution is -2.40. The number of hydrogen-bond acceptors (Lipinski definition) is 6. The highest BCUT2D eigenvalue weighted by Crippen LogP contribution is 2.38. The highest BCUT2D eigenvalue weighted by atomic mass is 32.2. The molecule has 1 aromatic carbocycles. The average Bonchev–Trinajstić information content (AvgIpc) is 3.07. The van der Waals surface area contributed by atoms with Crippen molar-refractivity contribution in [3.63, 3.8) is 0 Å². The molecule has 0 aromatic heterocycles. The Labute approximate surface area is 154 Å². The molecule has 1 aromatic rings. The number of phenolic OH excluding ortho intramolecular Hbond substituents is 1. The number of rotatable bonds is 2. The molecular weight excluding hydrogens is 379 g/mol. The maximum atomic E-state index is 15.1. The largest absolute Gasteiger partial charge is 0.506 e. The third-order valence-electron chi connectivity index (χ3n) is 4.24. The van der Waals surface area contributed by atoms with Crippen LogP contribution in [0.5, 0.6) is 5.75 Å². The number of halogens is 1. The van der Waals surface area contributed by atoms with Gasteiger partial charge in [-0.3, -0.25) is 4.79 Å².